The molecule has 2 aromatic heterocycles. The zero-order valence-electron chi connectivity index (χ0n) is 21.9. The van der Waals surface area contributed by atoms with E-state index in [0.717, 1.165) is 0 Å². The number of nitrogens with zero attached hydrogens (tertiary/aromatic N) is 2. The van der Waals surface area contributed by atoms with Crippen molar-refractivity contribution in [3.8, 4) is 22.6 Å². The minimum Gasteiger partial charge on any atom is -0.494 e. The van der Waals surface area contributed by atoms with Crippen LogP contribution in [0.1, 0.15) is 42.2 Å². The number of methoxy groups -OCH3 is 1. The van der Waals surface area contributed by atoms with Gasteiger partial charge in [-0.1, -0.05) is 12.1 Å². The largest absolute Gasteiger partial charge is 0.494 e. The molecule has 5 aromatic rings. The fourth-order valence-corrected chi connectivity index (χ4v) is 5.98. The number of H-pyrrole nitrogens is 1. The van der Waals surface area contributed by atoms with E-state index in [0.29, 0.717) is 59.3 Å². The van der Waals surface area contributed by atoms with Crippen LogP contribution in [0.2, 0.25) is 0 Å². The number of rotatable bonds is 7. The van der Waals surface area contributed by atoms with Crippen LogP contribution in [-0.4, -0.2) is 50.8 Å². The highest BCUT2D eigenvalue weighted by Crippen LogP contribution is 2.50. The molecule has 1 aliphatic carbocycles. The van der Waals surface area contributed by atoms with Crippen molar-refractivity contribution < 1.29 is 33.3 Å². The second-order valence-electron chi connectivity index (χ2n) is 9.94. The van der Waals surface area contributed by atoms with Gasteiger partial charge in [-0.25, -0.2) is 13.6 Å². The second-order valence-corrected chi connectivity index (χ2v) is 9.94. The first-order chi connectivity index (χ1) is 19.3. The summed E-state index contributed by atoms with van der Waals surface area (Å²) in [7, 11) is 1.36. The van der Waals surface area contributed by atoms with Gasteiger partial charge in [-0.2, -0.15) is 5.10 Å². The maximum Gasteiger partial charge on any atom is 0.335 e. The van der Waals surface area contributed by atoms with E-state index in [1.165, 1.54) is 37.6 Å². The molecule has 6 rings (SSSR count). The fourth-order valence-electron chi connectivity index (χ4n) is 5.98. The van der Waals surface area contributed by atoms with Crippen LogP contribution in [0.5, 0.6) is 5.75 Å². The molecule has 2 unspecified atom stereocenters. The Balaban J connectivity index is 1.80. The van der Waals surface area contributed by atoms with E-state index in [9.17, 15) is 19.4 Å². The summed E-state index contributed by atoms with van der Waals surface area (Å²) in [5.41, 5.74) is 0.846. The SMILES string of the molecule is CCOC1CCCC1(O)c1c(-c2ccc(C(=O)O)cc2)c2c(F)c3[nH]ncc3cc2n1-c1ccc(F)c(OC)c1. The number of carboxylic acid groups (broad SMARTS) is 1. The number of fused-ring (bicyclic) bond motifs is 2. The Morgan fingerprint density at radius 2 is 1.98 bits per heavy atom. The Labute approximate surface area is 227 Å². The van der Waals surface area contributed by atoms with Gasteiger partial charge in [0.2, 0.25) is 0 Å². The number of halogens is 2. The minimum absolute atomic E-state index is 0.0118. The molecule has 0 bridgehead atoms. The number of aromatic carboxylic acids is 1. The highest BCUT2D eigenvalue weighted by molar-refractivity contribution is 6.06. The molecule has 8 nitrogen and oxygen atoms in total. The summed E-state index contributed by atoms with van der Waals surface area (Å²) in [4.78, 5) is 11.6. The Bertz CT molecular complexity index is 1760. The monoisotopic (exact) mass is 547 g/mol. The highest BCUT2D eigenvalue weighted by Gasteiger charge is 2.48. The van der Waals surface area contributed by atoms with Crippen LogP contribution in [-0.2, 0) is 10.3 Å². The molecule has 0 radical (unpaired) electrons. The zero-order valence-corrected chi connectivity index (χ0v) is 21.9. The van der Waals surface area contributed by atoms with E-state index < -0.39 is 29.3 Å². The van der Waals surface area contributed by atoms with Gasteiger partial charge < -0.3 is 24.3 Å². The van der Waals surface area contributed by atoms with Crippen molar-refractivity contribution in [3.05, 3.63) is 77.6 Å². The van der Waals surface area contributed by atoms with Crippen molar-refractivity contribution in [2.45, 2.75) is 37.9 Å². The number of carbonyl (C=O) groups is 1. The Hall–Kier alpha value is -4.28. The van der Waals surface area contributed by atoms with E-state index in [2.05, 4.69) is 10.2 Å². The first-order valence-electron chi connectivity index (χ1n) is 13.0. The van der Waals surface area contributed by atoms with Crippen molar-refractivity contribution in [3.63, 3.8) is 0 Å². The molecular weight excluding hydrogens is 520 g/mol. The Kier molecular flexibility index (Phi) is 6.31. The minimum atomic E-state index is -1.55. The van der Waals surface area contributed by atoms with Crippen LogP contribution in [0.3, 0.4) is 0 Å². The molecule has 1 fully saturated rings. The standard InChI is InChI=1S/C30H27F2N3O5/c1-3-40-23-5-4-12-30(23,38)28-24(16-6-8-17(9-7-16)29(36)37)25-21(13-18-15-33-34-27(18)26(25)32)35(28)19-10-11-20(31)22(14-19)39-2/h6-11,13-15,23,38H,3-5,12H2,1-2H3,(H,33,34)(H,36,37). The number of aromatic nitrogens is 3. The van der Waals surface area contributed by atoms with Crippen LogP contribution in [0.4, 0.5) is 8.78 Å². The Morgan fingerprint density at radius 3 is 2.67 bits per heavy atom. The van der Waals surface area contributed by atoms with Gasteiger partial charge in [0.05, 0.1) is 36.2 Å². The van der Waals surface area contributed by atoms with Crippen LogP contribution >= 0.6 is 0 Å². The molecule has 40 heavy (non-hydrogen) atoms. The molecule has 1 aliphatic rings. The molecule has 0 aliphatic heterocycles. The lowest BCUT2D eigenvalue weighted by Crippen LogP contribution is -2.38. The predicted octanol–water partition coefficient (Wildman–Crippen LogP) is 5.94. The number of aliphatic hydroxyl groups is 1. The molecule has 3 N–H and O–H groups in total. The number of hydrogen-bond donors (Lipinski definition) is 3. The molecule has 0 saturated heterocycles. The van der Waals surface area contributed by atoms with E-state index in [1.54, 1.807) is 28.8 Å². The first kappa shape index (κ1) is 26.0. The van der Waals surface area contributed by atoms with Gasteiger partial charge in [0.1, 0.15) is 11.1 Å². The van der Waals surface area contributed by atoms with Crippen LogP contribution < -0.4 is 4.74 Å². The normalized spacial score (nSPS) is 19.1. The third-order valence-electron chi connectivity index (χ3n) is 7.76. The molecule has 1 saturated carbocycles. The molecule has 2 atom stereocenters. The van der Waals surface area contributed by atoms with E-state index in [-0.39, 0.29) is 22.2 Å². The molecule has 206 valence electrons. The quantitative estimate of drug-likeness (QED) is 0.233. The zero-order chi connectivity index (χ0) is 28.2. The maximum atomic E-state index is 16.5. The summed E-state index contributed by atoms with van der Waals surface area (Å²) < 4.78 is 44.0. The molecule has 0 spiro atoms. The van der Waals surface area contributed by atoms with Gasteiger partial charge in [-0.15, -0.1) is 0 Å². The van der Waals surface area contributed by atoms with Crippen LogP contribution in [0, 0.1) is 11.6 Å². The van der Waals surface area contributed by atoms with Crippen molar-refractivity contribution in [2.24, 2.45) is 0 Å². The van der Waals surface area contributed by atoms with Gasteiger partial charge >= 0.3 is 5.97 Å². The van der Waals surface area contributed by atoms with E-state index >= 15 is 4.39 Å². The highest BCUT2D eigenvalue weighted by atomic mass is 19.1. The predicted molar refractivity (Wildman–Crippen MR) is 145 cm³/mol. The lowest BCUT2D eigenvalue weighted by Gasteiger charge is -2.33. The van der Waals surface area contributed by atoms with Crippen molar-refractivity contribution in [2.75, 3.05) is 13.7 Å². The van der Waals surface area contributed by atoms with Crippen molar-refractivity contribution >= 4 is 27.8 Å². The number of benzene rings is 3. The van der Waals surface area contributed by atoms with E-state index in [1.807, 2.05) is 6.92 Å². The van der Waals surface area contributed by atoms with Gasteiger partial charge in [0, 0.05) is 34.7 Å². The molecular formula is C30H27F2N3O5. The number of aromatic amines is 1. The summed E-state index contributed by atoms with van der Waals surface area (Å²) in [6, 6.07) is 12.2. The third-order valence-corrected chi connectivity index (χ3v) is 7.76. The van der Waals surface area contributed by atoms with Gasteiger partial charge in [0.25, 0.3) is 0 Å². The van der Waals surface area contributed by atoms with Gasteiger partial charge in [0.15, 0.2) is 17.4 Å². The molecule has 10 heteroatoms. The average molecular weight is 548 g/mol. The number of ether oxygens (including phenoxy) is 2. The fraction of sp³-hybridized carbons (Fsp3) is 0.267. The summed E-state index contributed by atoms with van der Waals surface area (Å²) in [5, 5.41) is 29.4. The lowest BCUT2D eigenvalue weighted by molar-refractivity contribution is -0.0942. The first-order valence-corrected chi connectivity index (χ1v) is 13.0. The molecule has 0 amide bonds. The Morgan fingerprint density at radius 1 is 1.20 bits per heavy atom. The lowest BCUT2D eigenvalue weighted by atomic mass is 9.88. The summed E-state index contributed by atoms with van der Waals surface area (Å²) in [6.45, 7) is 2.21. The van der Waals surface area contributed by atoms with Crippen molar-refractivity contribution in [1.82, 2.24) is 14.8 Å². The number of carboxylic acids is 1. The van der Waals surface area contributed by atoms with Crippen LogP contribution in [0.15, 0.2) is 54.7 Å². The summed E-state index contributed by atoms with van der Waals surface area (Å²) in [6.07, 6.45) is 2.51. The third kappa shape index (κ3) is 3.86. The smallest absolute Gasteiger partial charge is 0.335 e. The van der Waals surface area contributed by atoms with Crippen molar-refractivity contribution in [1.29, 1.82) is 0 Å². The topological polar surface area (TPSA) is 110 Å². The molecule has 2 heterocycles. The van der Waals surface area contributed by atoms with Gasteiger partial charge in [-0.05, 0) is 62.1 Å². The number of nitrogens with one attached hydrogen (secondary N) is 1. The van der Waals surface area contributed by atoms with Crippen LogP contribution in [0.25, 0.3) is 38.6 Å². The molecule has 3 aromatic carbocycles. The summed E-state index contributed by atoms with van der Waals surface area (Å²) >= 11 is 0. The van der Waals surface area contributed by atoms with E-state index in [4.69, 9.17) is 9.47 Å². The maximum absolute atomic E-state index is 16.5. The van der Waals surface area contributed by atoms with Gasteiger partial charge in [-0.3, -0.25) is 5.10 Å². The number of hydrogen-bond acceptors (Lipinski definition) is 5. The second kappa shape index (κ2) is 9.72. The summed E-state index contributed by atoms with van der Waals surface area (Å²) in [5.74, 6) is -2.25. The average Bonchev–Trinajstić information content (AvgIpc) is 3.66.